The minimum atomic E-state index is 0.184. The first kappa shape index (κ1) is 12.5. The minimum Gasteiger partial charge on any atom is -0.349 e. The van der Waals surface area contributed by atoms with E-state index in [1.54, 1.807) is 0 Å². The van der Waals surface area contributed by atoms with Gasteiger partial charge in [0.15, 0.2) is 0 Å². The number of aromatic amines is 1. The first-order valence-electron chi connectivity index (χ1n) is 6.84. The van der Waals surface area contributed by atoms with Gasteiger partial charge in [-0.15, -0.1) is 0 Å². The zero-order chi connectivity index (χ0) is 13.2. The highest BCUT2D eigenvalue weighted by Gasteiger charge is 2.29. The highest BCUT2D eigenvalue weighted by Crippen LogP contribution is 2.44. The third-order valence-electron chi connectivity index (χ3n) is 3.51. The summed E-state index contributed by atoms with van der Waals surface area (Å²) in [5, 5.41) is 2.36. The molecule has 0 aliphatic carbocycles. The predicted molar refractivity (Wildman–Crippen MR) is 81.3 cm³/mol. The maximum Gasteiger partial charge on any atom is 0.225 e. The second-order valence-corrected chi connectivity index (χ2v) is 5.86. The Kier molecular flexibility index (Phi) is 3.47. The molecule has 1 aliphatic heterocycles. The van der Waals surface area contributed by atoms with Gasteiger partial charge in [0.05, 0.1) is 5.03 Å². The van der Waals surface area contributed by atoms with Crippen LogP contribution in [0.25, 0.3) is 16.5 Å². The molecule has 0 saturated heterocycles. The molecule has 19 heavy (non-hydrogen) atoms. The van der Waals surface area contributed by atoms with Gasteiger partial charge in [-0.2, -0.15) is 0 Å². The van der Waals surface area contributed by atoms with Gasteiger partial charge in [-0.3, -0.25) is 4.79 Å². The van der Waals surface area contributed by atoms with E-state index in [4.69, 9.17) is 0 Å². The van der Waals surface area contributed by atoms with E-state index in [1.165, 1.54) is 24.6 Å². The summed E-state index contributed by atoms with van der Waals surface area (Å²) in [7, 11) is 0. The van der Waals surface area contributed by atoms with Crippen LogP contribution in [-0.4, -0.2) is 10.1 Å². The number of benzene rings is 1. The quantitative estimate of drug-likeness (QED) is 0.642. The third-order valence-corrected chi connectivity index (χ3v) is 4.43. The lowest BCUT2D eigenvalue weighted by molar-refractivity contribution is -0.106. The van der Waals surface area contributed by atoms with E-state index in [0.29, 0.717) is 0 Å². The van der Waals surface area contributed by atoms with E-state index in [-0.39, 0.29) is 5.12 Å². The maximum atomic E-state index is 12.1. The van der Waals surface area contributed by atoms with Gasteiger partial charge in [0.1, 0.15) is 0 Å². The number of carbonyl (C=O) groups is 1. The number of hydrogen-bond acceptors (Lipinski definition) is 2. The van der Waals surface area contributed by atoms with Gasteiger partial charge in [-0.25, -0.2) is 0 Å². The first-order chi connectivity index (χ1) is 9.31. The summed E-state index contributed by atoms with van der Waals surface area (Å²) in [6.07, 6.45) is 6.72. The number of allylic oxidation sites excluding steroid dienone is 1. The SMILES string of the molecule is CCCCC/C=C1/C(=O)Sc2[nH]c3ccccc3c21. The van der Waals surface area contributed by atoms with E-state index >= 15 is 0 Å². The molecule has 0 radical (unpaired) electrons. The number of unbranched alkanes of at least 4 members (excludes halogenated alkanes) is 3. The van der Waals surface area contributed by atoms with Crippen molar-refractivity contribution in [3.63, 3.8) is 0 Å². The normalized spacial score (nSPS) is 16.5. The number of thioether (sulfide) groups is 1. The monoisotopic (exact) mass is 271 g/mol. The highest BCUT2D eigenvalue weighted by atomic mass is 32.2. The molecule has 1 aromatic carbocycles. The minimum absolute atomic E-state index is 0.184. The Bertz CT molecular complexity index is 654. The van der Waals surface area contributed by atoms with Gasteiger partial charge in [0, 0.05) is 22.0 Å². The molecule has 3 rings (SSSR count). The largest absolute Gasteiger partial charge is 0.349 e. The number of nitrogens with one attached hydrogen (secondary N) is 1. The van der Waals surface area contributed by atoms with Crippen LogP contribution >= 0.6 is 11.8 Å². The molecule has 0 atom stereocenters. The molecular formula is C16H17NOS. The summed E-state index contributed by atoms with van der Waals surface area (Å²) in [4.78, 5) is 15.4. The van der Waals surface area contributed by atoms with Crippen molar-refractivity contribution in [2.24, 2.45) is 0 Å². The zero-order valence-corrected chi connectivity index (χ0v) is 11.8. The molecule has 1 aromatic heterocycles. The van der Waals surface area contributed by atoms with Gasteiger partial charge in [-0.05, 0) is 30.7 Å². The van der Waals surface area contributed by atoms with Gasteiger partial charge in [0.25, 0.3) is 0 Å². The van der Waals surface area contributed by atoms with E-state index in [0.717, 1.165) is 39.9 Å². The van der Waals surface area contributed by atoms with Crippen molar-refractivity contribution >= 4 is 33.4 Å². The van der Waals surface area contributed by atoms with Gasteiger partial charge < -0.3 is 4.98 Å². The number of H-pyrrole nitrogens is 1. The van der Waals surface area contributed by atoms with E-state index in [9.17, 15) is 4.79 Å². The Labute approximate surface area is 117 Å². The van der Waals surface area contributed by atoms with Crippen molar-refractivity contribution in [2.45, 2.75) is 37.6 Å². The Morgan fingerprint density at radius 2 is 2.11 bits per heavy atom. The molecule has 2 aromatic rings. The fraction of sp³-hybridized carbons (Fsp3) is 0.312. The third kappa shape index (κ3) is 2.23. The highest BCUT2D eigenvalue weighted by molar-refractivity contribution is 8.15. The van der Waals surface area contributed by atoms with Crippen LogP contribution in [0.1, 0.15) is 38.2 Å². The van der Waals surface area contributed by atoms with Crippen LogP contribution in [0.15, 0.2) is 35.4 Å². The molecule has 2 heterocycles. The molecule has 1 N–H and O–H groups in total. The molecule has 0 unspecified atom stereocenters. The molecule has 3 heteroatoms. The fourth-order valence-corrected chi connectivity index (χ4v) is 3.50. The molecule has 98 valence electrons. The molecular weight excluding hydrogens is 254 g/mol. The summed E-state index contributed by atoms with van der Waals surface area (Å²) in [5.74, 6) is 0. The van der Waals surface area contributed by atoms with Crippen molar-refractivity contribution in [3.8, 4) is 0 Å². The Morgan fingerprint density at radius 1 is 1.26 bits per heavy atom. The molecule has 0 amide bonds. The summed E-state index contributed by atoms with van der Waals surface area (Å²) >= 11 is 1.33. The Morgan fingerprint density at radius 3 is 2.95 bits per heavy atom. The van der Waals surface area contributed by atoms with Crippen LogP contribution in [0.3, 0.4) is 0 Å². The standard InChI is InChI=1S/C16H17NOS/c1-2-3-4-5-9-12-14-11-8-6-7-10-13(11)17-15(14)19-16(12)18/h6-10,17H,2-5H2,1H3/b12-9+. The lowest BCUT2D eigenvalue weighted by Gasteiger charge is -1.98. The molecule has 0 fully saturated rings. The topological polar surface area (TPSA) is 32.9 Å². The number of rotatable bonds is 4. The maximum absolute atomic E-state index is 12.1. The van der Waals surface area contributed by atoms with Gasteiger partial charge >= 0.3 is 0 Å². The van der Waals surface area contributed by atoms with Crippen LogP contribution in [0.2, 0.25) is 0 Å². The zero-order valence-electron chi connectivity index (χ0n) is 11.0. The Balaban J connectivity index is 1.97. The number of para-hydroxylation sites is 1. The molecule has 2 nitrogen and oxygen atoms in total. The van der Waals surface area contributed by atoms with Crippen molar-refractivity contribution in [1.82, 2.24) is 4.98 Å². The second kappa shape index (κ2) is 5.25. The molecule has 0 spiro atoms. The summed E-state index contributed by atoms with van der Waals surface area (Å²) in [6, 6.07) is 8.20. The lowest BCUT2D eigenvalue weighted by atomic mass is 10.0. The van der Waals surface area contributed by atoms with Crippen LogP contribution < -0.4 is 0 Å². The van der Waals surface area contributed by atoms with Crippen LogP contribution in [0.5, 0.6) is 0 Å². The van der Waals surface area contributed by atoms with E-state index in [1.807, 2.05) is 12.1 Å². The summed E-state index contributed by atoms with van der Waals surface area (Å²) < 4.78 is 0. The average Bonchev–Trinajstić information content (AvgIpc) is 2.90. The van der Waals surface area contributed by atoms with E-state index in [2.05, 4.69) is 30.1 Å². The number of aromatic nitrogens is 1. The van der Waals surface area contributed by atoms with Crippen molar-refractivity contribution in [3.05, 3.63) is 35.9 Å². The van der Waals surface area contributed by atoms with Crippen LogP contribution in [-0.2, 0) is 4.79 Å². The van der Waals surface area contributed by atoms with Crippen LogP contribution in [0.4, 0.5) is 0 Å². The number of carbonyl (C=O) groups excluding carboxylic acids is 1. The van der Waals surface area contributed by atoms with Crippen LogP contribution in [0, 0.1) is 0 Å². The van der Waals surface area contributed by atoms with Crippen molar-refractivity contribution < 1.29 is 4.79 Å². The summed E-state index contributed by atoms with van der Waals surface area (Å²) in [5.41, 5.74) is 3.13. The van der Waals surface area contributed by atoms with E-state index < -0.39 is 0 Å². The smallest absolute Gasteiger partial charge is 0.225 e. The number of hydrogen-bond donors (Lipinski definition) is 1. The van der Waals surface area contributed by atoms with Crippen molar-refractivity contribution in [1.29, 1.82) is 0 Å². The molecule has 0 bridgehead atoms. The fourth-order valence-electron chi connectivity index (χ4n) is 2.54. The second-order valence-electron chi connectivity index (χ2n) is 4.88. The Hall–Kier alpha value is -1.48. The predicted octanol–water partition coefficient (Wildman–Crippen LogP) is 4.76. The average molecular weight is 271 g/mol. The molecule has 1 aliphatic rings. The first-order valence-corrected chi connectivity index (χ1v) is 7.66. The van der Waals surface area contributed by atoms with Gasteiger partial charge in [-0.1, -0.05) is 44.0 Å². The van der Waals surface area contributed by atoms with Gasteiger partial charge in [0.2, 0.25) is 5.12 Å². The van der Waals surface area contributed by atoms with Crippen molar-refractivity contribution in [2.75, 3.05) is 0 Å². The number of fused-ring (bicyclic) bond motifs is 3. The summed E-state index contributed by atoms with van der Waals surface area (Å²) in [6.45, 7) is 2.20. The molecule has 0 saturated carbocycles. The lowest BCUT2D eigenvalue weighted by Crippen LogP contribution is -1.89.